The van der Waals surface area contributed by atoms with Gasteiger partial charge in [0.25, 0.3) is 0 Å². The maximum atomic E-state index is 13.3. The predicted molar refractivity (Wildman–Crippen MR) is 62.7 cm³/mol. The number of carboxylic acids is 1. The average Bonchev–Trinajstić information content (AvgIpc) is 2.38. The molecule has 0 saturated carbocycles. The van der Waals surface area contributed by atoms with Gasteiger partial charge in [0.1, 0.15) is 11.6 Å². The highest BCUT2D eigenvalue weighted by molar-refractivity contribution is 5.84. The number of aromatic carboxylic acids is 1. The SMILES string of the molecule is O=C(O)c1cnc(NCc2ccccc2F)cn1. The molecule has 18 heavy (non-hydrogen) atoms. The molecule has 1 heterocycles. The molecule has 0 aliphatic carbocycles. The molecule has 2 rings (SSSR count). The van der Waals surface area contributed by atoms with Gasteiger partial charge >= 0.3 is 5.97 Å². The predicted octanol–water partition coefficient (Wildman–Crippen LogP) is 1.93. The van der Waals surface area contributed by atoms with E-state index in [0.717, 1.165) is 6.20 Å². The lowest BCUT2D eigenvalue weighted by molar-refractivity contribution is 0.0690. The van der Waals surface area contributed by atoms with E-state index in [1.807, 2.05) is 0 Å². The van der Waals surface area contributed by atoms with Gasteiger partial charge in [0.2, 0.25) is 0 Å². The van der Waals surface area contributed by atoms with Crippen LogP contribution in [0.15, 0.2) is 36.7 Å². The van der Waals surface area contributed by atoms with Crippen molar-refractivity contribution in [2.45, 2.75) is 6.54 Å². The fraction of sp³-hybridized carbons (Fsp3) is 0.0833. The van der Waals surface area contributed by atoms with Gasteiger partial charge in [-0.1, -0.05) is 18.2 Å². The molecule has 5 nitrogen and oxygen atoms in total. The van der Waals surface area contributed by atoms with Crippen LogP contribution in [0.25, 0.3) is 0 Å². The van der Waals surface area contributed by atoms with Crippen LogP contribution >= 0.6 is 0 Å². The maximum absolute atomic E-state index is 13.3. The lowest BCUT2D eigenvalue weighted by Gasteiger charge is -2.06. The Morgan fingerprint density at radius 3 is 2.67 bits per heavy atom. The van der Waals surface area contributed by atoms with Gasteiger partial charge in [-0.05, 0) is 6.07 Å². The Labute approximate surface area is 102 Å². The standard InChI is InChI=1S/C12H10FN3O2/c13-9-4-2-1-3-8(9)5-15-11-7-14-10(6-16-11)12(17)18/h1-4,6-7H,5H2,(H,15,16)(H,17,18). The zero-order chi connectivity index (χ0) is 13.0. The van der Waals surface area contributed by atoms with E-state index in [1.165, 1.54) is 12.3 Å². The van der Waals surface area contributed by atoms with E-state index in [4.69, 9.17) is 5.11 Å². The Morgan fingerprint density at radius 2 is 2.06 bits per heavy atom. The summed E-state index contributed by atoms with van der Waals surface area (Å²) < 4.78 is 13.3. The summed E-state index contributed by atoms with van der Waals surface area (Å²) in [6.07, 6.45) is 2.44. The summed E-state index contributed by atoms with van der Waals surface area (Å²) in [6, 6.07) is 6.37. The van der Waals surface area contributed by atoms with Crippen LogP contribution in [-0.2, 0) is 6.54 Å². The first-order valence-corrected chi connectivity index (χ1v) is 5.19. The first-order valence-electron chi connectivity index (χ1n) is 5.19. The second kappa shape index (κ2) is 5.22. The molecule has 0 aliphatic heterocycles. The molecule has 0 atom stereocenters. The summed E-state index contributed by atoms with van der Waals surface area (Å²) >= 11 is 0. The summed E-state index contributed by atoms with van der Waals surface area (Å²) in [5.74, 6) is -1.05. The van der Waals surface area contributed by atoms with Crippen molar-refractivity contribution in [3.05, 3.63) is 53.7 Å². The number of benzene rings is 1. The number of carbonyl (C=O) groups is 1. The quantitative estimate of drug-likeness (QED) is 0.863. The molecule has 1 aromatic heterocycles. The van der Waals surface area contributed by atoms with Crippen molar-refractivity contribution >= 4 is 11.8 Å². The highest BCUT2D eigenvalue weighted by Gasteiger charge is 2.05. The van der Waals surface area contributed by atoms with Crippen molar-refractivity contribution in [2.75, 3.05) is 5.32 Å². The third-order valence-corrected chi connectivity index (χ3v) is 2.29. The minimum atomic E-state index is -1.14. The number of anilines is 1. The van der Waals surface area contributed by atoms with E-state index >= 15 is 0 Å². The summed E-state index contributed by atoms with van der Waals surface area (Å²) in [4.78, 5) is 18.1. The Morgan fingerprint density at radius 1 is 1.28 bits per heavy atom. The van der Waals surface area contributed by atoms with Crippen LogP contribution in [0.2, 0.25) is 0 Å². The topological polar surface area (TPSA) is 75.1 Å². The summed E-state index contributed by atoms with van der Waals surface area (Å²) in [5.41, 5.74) is 0.369. The molecule has 0 aliphatic rings. The lowest BCUT2D eigenvalue weighted by Crippen LogP contribution is -2.06. The molecule has 6 heteroatoms. The number of hydrogen-bond donors (Lipinski definition) is 2. The molecule has 1 aromatic carbocycles. The molecule has 0 amide bonds. The minimum absolute atomic E-state index is 0.133. The number of carboxylic acid groups (broad SMARTS) is 1. The summed E-state index contributed by atoms with van der Waals surface area (Å²) in [7, 11) is 0. The van der Waals surface area contributed by atoms with Gasteiger partial charge < -0.3 is 10.4 Å². The van der Waals surface area contributed by atoms with E-state index in [0.29, 0.717) is 11.4 Å². The van der Waals surface area contributed by atoms with Crippen molar-refractivity contribution < 1.29 is 14.3 Å². The van der Waals surface area contributed by atoms with Crippen LogP contribution in [0.5, 0.6) is 0 Å². The third-order valence-electron chi connectivity index (χ3n) is 2.29. The van der Waals surface area contributed by atoms with Crippen molar-refractivity contribution in [3.8, 4) is 0 Å². The lowest BCUT2D eigenvalue weighted by atomic mass is 10.2. The van der Waals surface area contributed by atoms with Crippen LogP contribution in [0.1, 0.15) is 16.1 Å². The summed E-state index contributed by atoms with van der Waals surface area (Å²) in [6.45, 7) is 0.258. The van der Waals surface area contributed by atoms with E-state index in [1.54, 1.807) is 18.2 Å². The Bertz CT molecular complexity index is 558. The molecule has 0 fully saturated rings. The molecule has 0 bridgehead atoms. The molecule has 0 saturated heterocycles. The average molecular weight is 247 g/mol. The van der Waals surface area contributed by atoms with Gasteiger partial charge in [-0.15, -0.1) is 0 Å². The molecular formula is C12H10FN3O2. The highest BCUT2D eigenvalue weighted by Crippen LogP contribution is 2.09. The van der Waals surface area contributed by atoms with Gasteiger partial charge in [-0.3, -0.25) is 0 Å². The second-order valence-electron chi connectivity index (χ2n) is 3.54. The fourth-order valence-corrected chi connectivity index (χ4v) is 1.36. The zero-order valence-electron chi connectivity index (χ0n) is 9.30. The van der Waals surface area contributed by atoms with E-state index < -0.39 is 5.97 Å². The zero-order valence-corrected chi connectivity index (χ0v) is 9.30. The van der Waals surface area contributed by atoms with Crippen LogP contribution in [0.3, 0.4) is 0 Å². The Balaban J connectivity index is 2.02. The van der Waals surface area contributed by atoms with Crippen LogP contribution in [-0.4, -0.2) is 21.0 Å². The minimum Gasteiger partial charge on any atom is -0.476 e. The monoisotopic (exact) mass is 247 g/mol. The van der Waals surface area contributed by atoms with Gasteiger partial charge in [0.05, 0.1) is 12.4 Å². The Kier molecular flexibility index (Phi) is 3.47. The number of halogens is 1. The number of nitrogens with zero attached hydrogens (tertiary/aromatic N) is 2. The van der Waals surface area contributed by atoms with Gasteiger partial charge in [0.15, 0.2) is 5.69 Å². The second-order valence-corrected chi connectivity index (χ2v) is 3.54. The number of hydrogen-bond acceptors (Lipinski definition) is 4. The van der Waals surface area contributed by atoms with Crippen LogP contribution in [0.4, 0.5) is 10.2 Å². The number of nitrogens with one attached hydrogen (secondary N) is 1. The van der Waals surface area contributed by atoms with Gasteiger partial charge in [0, 0.05) is 12.1 Å². The first kappa shape index (κ1) is 12.0. The largest absolute Gasteiger partial charge is 0.476 e. The first-order chi connectivity index (χ1) is 8.66. The maximum Gasteiger partial charge on any atom is 0.356 e. The van der Waals surface area contributed by atoms with Crippen LogP contribution < -0.4 is 5.32 Å². The Hall–Kier alpha value is -2.50. The molecular weight excluding hydrogens is 237 g/mol. The van der Waals surface area contributed by atoms with Crippen molar-refractivity contribution in [3.63, 3.8) is 0 Å². The molecule has 0 unspecified atom stereocenters. The highest BCUT2D eigenvalue weighted by atomic mass is 19.1. The third kappa shape index (κ3) is 2.79. The van der Waals surface area contributed by atoms with Gasteiger partial charge in [-0.25, -0.2) is 19.2 Å². The normalized spacial score (nSPS) is 10.1. The fourth-order valence-electron chi connectivity index (χ4n) is 1.36. The number of aromatic nitrogens is 2. The molecule has 0 radical (unpaired) electrons. The molecule has 2 N–H and O–H groups in total. The smallest absolute Gasteiger partial charge is 0.356 e. The van der Waals surface area contributed by atoms with Crippen LogP contribution in [0, 0.1) is 5.82 Å². The van der Waals surface area contributed by atoms with Gasteiger partial charge in [-0.2, -0.15) is 0 Å². The van der Waals surface area contributed by atoms with E-state index in [9.17, 15) is 9.18 Å². The number of rotatable bonds is 4. The molecule has 0 spiro atoms. The van der Waals surface area contributed by atoms with Crippen molar-refractivity contribution in [1.82, 2.24) is 9.97 Å². The molecule has 92 valence electrons. The van der Waals surface area contributed by atoms with Crippen molar-refractivity contribution in [1.29, 1.82) is 0 Å². The van der Waals surface area contributed by atoms with E-state index in [-0.39, 0.29) is 18.1 Å². The van der Waals surface area contributed by atoms with Crippen molar-refractivity contribution in [2.24, 2.45) is 0 Å². The molecule has 2 aromatic rings. The van der Waals surface area contributed by atoms with E-state index in [2.05, 4.69) is 15.3 Å². The summed E-state index contributed by atoms with van der Waals surface area (Å²) in [5, 5.41) is 11.5.